The fourth-order valence-electron chi connectivity index (χ4n) is 1.03. The van der Waals surface area contributed by atoms with Gasteiger partial charge in [0.1, 0.15) is 0 Å². The summed E-state index contributed by atoms with van der Waals surface area (Å²) in [6.07, 6.45) is 4.80. The number of hydrogen-bond acceptors (Lipinski definition) is 2. The van der Waals surface area contributed by atoms with Gasteiger partial charge in [-0.25, -0.2) is 0 Å². The Morgan fingerprint density at radius 2 is 1.87 bits per heavy atom. The molecule has 84 valence electrons. The monoisotopic (exact) mass is 216 g/mol. The van der Waals surface area contributed by atoms with Gasteiger partial charge in [0, 0.05) is 0 Å². The van der Waals surface area contributed by atoms with E-state index in [0.29, 0.717) is 12.5 Å². The number of rotatable bonds is 7. The molecule has 0 unspecified atom stereocenters. The summed E-state index contributed by atoms with van der Waals surface area (Å²) < 4.78 is 33.5. The van der Waals surface area contributed by atoms with Gasteiger partial charge in [0.05, 0.1) is 6.61 Å². The fourth-order valence-corrected chi connectivity index (χ4v) is 1.03. The maximum atomic E-state index is 12.0. The molecule has 0 atom stereocenters. The Morgan fingerprint density at radius 1 is 1.27 bits per heavy atom. The van der Waals surface area contributed by atoms with E-state index in [0.717, 1.165) is 12.8 Å². The second-order valence-corrected chi connectivity index (χ2v) is 3.27. The van der Waals surface area contributed by atoms with Crippen LogP contribution in [0.1, 0.15) is 12.8 Å². The molecule has 0 bridgehead atoms. The highest BCUT2D eigenvalue weighted by Crippen LogP contribution is 2.30. The van der Waals surface area contributed by atoms with Gasteiger partial charge in [-0.1, -0.05) is 13.2 Å². The van der Waals surface area contributed by atoms with E-state index in [9.17, 15) is 8.78 Å². The summed E-state index contributed by atoms with van der Waals surface area (Å²) in [6.45, 7) is 4.50. The van der Waals surface area contributed by atoms with Crippen LogP contribution < -0.4 is 0 Å². The first-order chi connectivity index (χ1) is 7.17. The van der Waals surface area contributed by atoms with Crippen LogP contribution in [0.3, 0.4) is 0 Å². The van der Waals surface area contributed by atoms with Crippen LogP contribution in [0.15, 0.2) is 36.8 Å². The Labute approximate surface area is 87.9 Å². The Morgan fingerprint density at radius 3 is 2.27 bits per heavy atom. The van der Waals surface area contributed by atoms with Gasteiger partial charge >= 0.3 is 6.61 Å². The molecule has 0 aromatic heterocycles. The van der Waals surface area contributed by atoms with Crippen LogP contribution in [-0.2, 0) is 9.47 Å². The van der Waals surface area contributed by atoms with E-state index >= 15 is 0 Å². The Bertz CT molecular complexity index is 268. The molecule has 2 nitrogen and oxygen atoms in total. The van der Waals surface area contributed by atoms with Gasteiger partial charge < -0.3 is 9.47 Å². The predicted molar refractivity (Wildman–Crippen MR) is 53.2 cm³/mol. The third-order valence-corrected chi connectivity index (χ3v) is 2.00. The van der Waals surface area contributed by atoms with E-state index < -0.39 is 6.61 Å². The minimum absolute atomic E-state index is 0.0688. The summed E-state index contributed by atoms with van der Waals surface area (Å²) in [7, 11) is 0. The molecular formula is C11H14F2O2. The van der Waals surface area contributed by atoms with E-state index in [2.05, 4.69) is 17.9 Å². The normalized spacial score (nSPS) is 17.0. The van der Waals surface area contributed by atoms with Gasteiger partial charge in [-0.2, -0.15) is 8.78 Å². The highest BCUT2D eigenvalue weighted by Gasteiger charge is 2.22. The third-order valence-electron chi connectivity index (χ3n) is 2.00. The van der Waals surface area contributed by atoms with Crippen molar-refractivity contribution in [3.05, 3.63) is 36.8 Å². The first-order valence-corrected chi connectivity index (χ1v) is 4.74. The van der Waals surface area contributed by atoms with Gasteiger partial charge in [-0.15, -0.1) is 0 Å². The first kappa shape index (κ1) is 11.8. The molecule has 1 aliphatic carbocycles. The number of ether oxygens (including phenoxy) is 2. The topological polar surface area (TPSA) is 18.5 Å². The molecule has 0 amide bonds. The molecule has 15 heavy (non-hydrogen) atoms. The van der Waals surface area contributed by atoms with Crippen molar-refractivity contribution in [1.29, 1.82) is 0 Å². The van der Waals surface area contributed by atoms with Crippen LogP contribution in [0.2, 0.25) is 0 Å². The van der Waals surface area contributed by atoms with Crippen molar-refractivity contribution in [2.24, 2.45) is 5.92 Å². The highest BCUT2D eigenvalue weighted by molar-refractivity contribution is 5.22. The molecule has 4 heteroatoms. The zero-order valence-corrected chi connectivity index (χ0v) is 8.42. The van der Waals surface area contributed by atoms with Crippen molar-refractivity contribution in [3.63, 3.8) is 0 Å². The molecule has 0 radical (unpaired) electrons. The van der Waals surface area contributed by atoms with Gasteiger partial charge in [-0.05, 0) is 30.9 Å². The molecule has 1 saturated carbocycles. The molecular weight excluding hydrogens is 202 g/mol. The molecule has 0 spiro atoms. The van der Waals surface area contributed by atoms with Crippen molar-refractivity contribution < 1.29 is 18.3 Å². The summed E-state index contributed by atoms with van der Waals surface area (Å²) in [4.78, 5) is 0. The zero-order valence-electron chi connectivity index (χ0n) is 8.42. The van der Waals surface area contributed by atoms with Crippen LogP contribution >= 0.6 is 0 Å². The SMILES string of the molecule is C=CC(OCC1CC1)=C(C=C)OC(F)F. The van der Waals surface area contributed by atoms with Crippen LogP contribution in [0.5, 0.6) is 0 Å². The maximum absolute atomic E-state index is 12.0. The second-order valence-electron chi connectivity index (χ2n) is 3.27. The van der Waals surface area contributed by atoms with Crippen molar-refractivity contribution in [2.45, 2.75) is 19.5 Å². The summed E-state index contributed by atoms with van der Waals surface area (Å²) in [5.41, 5.74) is 0. The second kappa shape index (κ2) is 5.53. The fraction of sp³-hybridized carbons (Fsp3) is 0.455. The summed E-state index contributed by atoms with van der Waals surface area (Å²) in [5.74, 6) is 0.690. The molecule has 0 aromatic rings. The van der Waals surface area contributed by atoms with E-state index in [4.69, 9.17) is 4.74 Å². The standard InChI is InChI=1S/C11H14F2O2/c1-3-9(14-7-8-5-6-8)10(4-2)15-11(12)13/h3-4,8,11H,1-2,5-7H2. The number of allylic oxidation sites excluding steroid dienone is 2. The van der Waals surface area contributed by atoms with Gasteiger partial charge in [-0.3, -0.25) is 0 Å². The first-order valence-electron chi connectivity index (χ1n) is 4.74. The number of halogens is 2. The molecule has 1 aliphatic rings. The van der Waals surface area contributed by atoms with Crippen LogP contribution in [0, 0.1) is 5.92 Å². The van der Waals surface area contributed by atoms with E-state index in [1.165, 1.54) is 12.2 Å². The molecule has 0 N–H and O–H groups in total. The number of alkyl halides is 2. The Kier molecular flexibility index (Phi) is 4.34. The van der Waals surface area contributed by atoms with Crippen LogP contribution in [0.25, 0.3) is 0 Å². The average Bonchev–Trinajstić information content (AvgIpc) is 3.00. The largest absolute Gasteiger partial charge is 0.489 e. The summed E-state index contributed by atoms with van der Waals surface area (Å²) >= 11 is 0. The van der Waals surface area contributed by atoms with E-state index in [-0.39, 0.29) is 11.5 Å². The minimum atomic E-state index is -2.88. The van der Waals surface area contributed by atoms with E-state index in [1.54, 1.807) is 0 Å². The minimum Gasteiger partial charge on any atom is -0.489 e. The molecule has 0 heterocycles. The third kappa shape index (κ3) is 4.14. The Balaban J connectivity index is 2.57. The highest BCUT2D eigenvalue weighted by atomic mass is 19.3. The summed E-state index contributed by atoms with van der Waals surface area (Å²) in [5, 5.41) is 0. The molecule has 0 saturated heterocycles. The lowest BCUT2D eigenvalue weighted by molar-refractivity contribution is -0.0955. The van der Waals surface area contributed by atoms with E-state index in [1.807, 2.05) is 0 Å². The van der Waals surface area contributed by atoms with Crippen LogP contribution in [0.4, 0.5) is 8.78 Å². The smallest absolute Gasteiger partial charge is 0.387 e. The predicted octanol–water partition coefficient (Wildman–Crippen LogP) is 3.24. The maximum Gasteiger partial charge on any atom is 0.387 e. The Hall–Kier alpha value is -1.32. The van der Waals surface area contributed by atoms with Gasteiger partial charge in [0.2, 0.25) is 0 Å². The quantitative estimate of drug-likeness (QED) is 0.480. The van der Waals surface area contributed by atoms with Gasteiger partial charge in [0.25, 0.3) is 0 Å². The van der Waals surface area contributed by atoms with Crippen LogP contribution in [-0.4, -0.2) is 13.2 Å². The lowest BCUT2D eigenvalue weighted by Crippen LogP contribution is -2.03. The van der Waals surface area contributed by atoms with Gasteiger partial charge in [0.15, 0.2) is 11.5 Å². The molecule has 0 aliphatic heterocycles. The molecule has 1 fully saturated rings. The lowest BCUT2D eigenvalue weighted by atomic mass is 10.3. The average molecular weight is 216 g/mol. The lowest BCUT2D eigenvalue weighted by Gasteiger charge is -2.11. The van der Waals surface area contributed by atoms with Crippen molar-refractivity contribution in [1.82, 2.24) is 0 Å². The van der Waals surface area contributed by atoms with Crippen molar-refractivity contribution in [2.75, 3.05) is 6.61 Å². The zero-order chi connectivity index (χ0) is 11.3. The molecule has 0 aromatic carbocycles. The van der Waals surface area contributed by atoms with Crippen molar-refractivity contribution in [3.8, 4) is 0 Å². The molecule has 1 rings (SSSR count). The summed E-state index contributed by atoms with van der Waals surface area (Å²) in [6, 6.07) is 0. The van der Waals surface area contributed by atoms with Crippen molar-refractivity contribution >= 4 is 0 Å². The number of hydrogen-bond donors (Lipinski definition) is 0.